The van der Waals surface area contributed by atoms with Gasteiger partial charge in [-0.1, -0.05) is 32.9 Å². The Kier molecular flexibility index (Phi) is 6.10. The molecule has 1 aromatic carbocycles. The van der Waals surface area contributed by atoms with Crippen LogP contribution in [0.4, 0.5) is 5.69 Å². The second-order valence-electron chi connectivity index (χ2n) is 6.00. The number of carbonyl (C=O) groups excluding carboxylic acids is 2. The molecule has 2 amide bonds. The van der Waals surface area contributed by atoms with Crippen molar-refractivity contribution in [3.63, 3.8) is 0 Å². The molecule has 6 nitrogen and oxygen atoms in total. The van der Waals surface area contributed by atoms with Crippen molar-refractivity contribution in [1.29, 1.82) is 0 Å². The maximum Gasteiger partial charge on any atom is 0.303 e. The van der Waals surface area contributed by atoms with Crippen LogP contribution in [0.25, 0.3) is 0 Å². The van der Waals surface area contributed by atoms with E-state index < -0.39 is 11.4 Å². The molecular formula is C16H22N2O4. The Morgan fingerprint density at radius 2 is 1.77 bits per heavy atom. The zero-order chi connectivity index (χ0) is 16.8. The number of benzene rings is 1. The molecule has 6 heteroatoms. The number of carbonyl (C=O) groups is 3. The largest absolute Gasteiger partial charge is 0.481 e. The average molecular weight is 306 g/mol. The third kappa shape index (κ3) is 5.55. The Balaban J connectivity index is 2.72. The first-order valence-electron chi connectivity index (χ1n) is 7.12. The van der Waals surface area contributed by atoms with E-state index in [2.05, 4.69) is 10.6 Å². The minimum atomic E-state index is -0.896. The molecule has 0 spiro atoms. The summed E-state index contributed by atoms with van der Waals surface area (Å²) in [6, 6.07) is 6.72. The summed E-state index contributed by atoms with van der Waals surface area (Å²) in [5.41, 5.74) is 0.235. The van der Waals surface area contributed by atoms with Gasteiger partial charge in [0.2, 0.25) is 5.91 Å². The molecule has 0 saturated carbocycles. The summed E-state index contributed by atoms with van der Waals surface area (Å²) in [6.45, 7) is 5.64. The lowest BCUT2D eigenvalue weighted by molar-refractivity contribution is -0.137. The van der Waals surface area contributed by atoms with Gasteiger partial charge < -0.3 is 15.7 Å². The van der Waals surface area contributed by atoms with Crippen LogP contribution in [0.1, 0.15) is 44.0 Å². The maximum atomic E-state index is 12.1. The van der Waals surface area contributed by atoms with Gasteiger partial charge in [-0.2, -0.15) is 0 Å². The number of rotatable bonds is 6. The van der Waals surface area contributed by atoms with E-state index in [1.54, 1.807) is 45.0 Å². The van der Waals surface area contributed by atoms with Gasteiger partial charge in [0, 0.05) is 18.4 Å². The molecule has 22 heavy (non-hydrogen) atoms. The van der Waals surface area contributed by atoms with Gasteiger partial charge in [-0.25, -0.2) is 0 Å². The number of amides is 2. The Morgan fingerprint density at radius 3 is 2.36 bits per heavy atom. The van der Waals surface area contributed by atoms with Gasteiger partial charge in [-0.05, 0) is 18.6 Å². The lowest BCUT2D eigenvalue weighted by Gasteiger charge is -2.19. The minimum Gasteiger partial charge on any atom is -0.481 e. The van der Waals surface area contributed by atoms with Gasteiger partial charge >= 0.3 is 5.97 Å². The normalized spacial score (nSPS) is 10.9. The molecule has 3 N–H and O–H groups in total. The first-order chi connectivity index (χ1) is 10.2. The highest BCUT2D eigenvalue weighted by molar-refractivity contribution is 6.04. The molecule has 0 bridgehead atoms. The van der Waals surface area contributed by atoms with Crippen molar-refractivity contribution in [1.82, 2.24) is 5.32 Å². The van der Waals surface area contributed by atoms with E-state index in [0.717, 1.165) is 0 Å². The van der Waals surface area contributed by atoms with E-state index >= 15 is 0 Å². The second kappa shape index (κ2) is 7.59. The molecule has 0 aromatic heterocycles. The summed E-state index contributed by atoms with van der Waals surface area (Å²) in [5.74, 6) is -1.42. The quantitative estimate of drug-likeness (QED) is 0.702. The standard InChI is InChI=1S/C16H22N2O4/c1-16(2,3)15(22)18-12-8-5-4-7-11(12)14(21)17-10-6-9-13(19)20/h4-5,7-8H,6,9-10H2,1-3H3,(H,17,21)(H,18,22)(H,19,20). The van der Waals surface area contributed by atoms with Crippen LogP contribution in [0, 0.1) is 5.41 Å². The molecule has 0 aliphatic heterocycles. The number of anilines is 1. The predicted octanol–water partition coefficient (Wildman–Crippen LogP) is 2.27. The van der Waals surface area contributed by atoms with Gasteiger partial charge in [0.15, 0.2) is 0 Å². The zero-order valence-electron chi connectivity index (χ0n) is 13.1. The van der Waals surface area contributed by atoms with Gasteiger partial charge in [0.05, 0.1) is 11.3 Å². The molecule has 1 rings (SSSR count). The molecule has 1 aromatic rings. The summed E-state index contributed by atoms with van der Waals surface area (Å²) >= 11 is 0. The molecule has 0 heterocycles. The lowest BCUT2D eigenvalue weighted by Crippen LogP contribution is -2.30. The van der Waals surface area contributed by atoms with Gasteiger partial charge in [0.25, 0.3) is 5.91 Å². The third-order valence-corrected chi connectivity index (χ3v) is 2.95. The highest BCUT2D eigenvalue weighted by Crippen LogP contribution is 2.20. The van der Waals surface area contributed by atoms with Crippen LogP contribution in [0.2, 0.25) is 0 Å². The van der Waals surface area contributed by atoms with Crippen molar-refractivity contribution in [2.75, 3.05) is 11.9 Å². The summed E-state index contributed by atoms with van der Waals surface area (Å²) in [6.07, 6.45) is 0.361. The fourth-order valence-corrected chi connectivity index (χ4v) is 1.64. The number of nitrogens with one attached hydrogen (secondary N) is 2. The smallest absolute Gasteiger partial charge is 0.303 e. The number of hydrogen-bond donors (Lipinski definition) is 3. The summed E-state index contributed by atoms with van der Waals surface area (Å²) in [5, 5.41) is 14.0. The summed E-state index contributed by atoms with van der Waals surface area (Å²) in [7, 11) is 0. The van der Waals surface area contributed by atoms with Gasteiger partial charge in [0.1, 0.15) is 0 Å². The molecular weight excluding hydrogens is 284 g/mol. The Hall–Kier alpha value is -2.37. The molecule has 0 aliphatic rings. The number of carboxylic acids is 1. The van der Waals surface area contributed by atoms with Crippen molar-refractivity contribution in [2.45, 2.75) is 33.6 Å². The van der Waals surface area contributed by atoms with E-state index in [9.17, 15) is 14.4 Å². The van der Waals surface area contributed by atoms with Crippen molar-refractivity contribution in [3.05, 3.63) is 29.8 Å². The highest BCUT2D eigenvalue weighted by atomic mass is 16.4. The van der Waals surface area contributed by atoms with Crippen LogP contribution in [0.15, 0.2) is 24.3 Å². The van der Waals surface area contributed by atoms with Crippen LogP contribution in [0.5, 0.6) is 0 Å². The van der Waals surface area contributed by atoms with E-state index in [1.807, 2.05) is 0 Å². The van der Waals surface area contributed by atoms with Crippen molar-refractivity contribution < 1.29 is 19.5 Å². The summed E-state index contributed by atoms with van der Waals surface area (Å²) in [4.78, 5) is 34.6. The monoisotopic (exact) mass is 306 g/mol. The van der Waals surface area contributed by atoms with E-state index in [1.165, 1.54) is 0 Å². The maximum absolute atomic E-state index is 12.1. The summed E-state index contributed by atoms with van der Waals surface area (Å²) < 4.78 is 0. The fraction of sp³-hybridized carbons (Fsp3) is 0.438. The fourth-order valence-electron chi connectivity index (χ4n) is 1.64. The predicted molar refractivity (Wildman–Crippen MR) is 83.7 cm³/mol. The molecule has 0 saturated heterocycles. The minimum absolute atomic E-state index is 0.00267. The highest BCUT2D eigenvalue weighted by Gasteiger charge is 2.22. The SMILES string of the molecule is CC(C)(C)C(=O)Nc1ccccc1C(=O)NCCCC(=O)O. The second-order valence-corrected chi connectivity index (χ2v) is 6.00. The number of para-hydroxylation sites is 1. The van der Waals surface area contributed by atoms with Gasteiger partial charge in [-0.15, -0.1) is 0 Å². The van der Waals surface area contributed by atoms with E-state index in [0.29, 0.717) is 17.7 Å². The van der Waals surface area contributed by atoms with Crippen LogP contribution < -0.4 is 10.6 Å². The van der Waals surface area contributed by atoms with Crippen molar-refractivity contribution in [2.24, 2.45) is 5.41 Å². The first kappa shape index (κ1) is 17.7. The number of hydrogen-bond acceptors (Lipinski definition) is 3. The molecule has 0 aliphatic carbocycles. The van der Waals surface area contributed by atoms with E-state index in [4.69, 9.17) is 5.11 Å². The molecule has 0 radical (unpaired) electrons. The van der Waals surface area contributed by atoms with Crippen molar-refractivity contribution >= 4 is 23.5 Å². The van der Waals surface area contributed by atoms with Crippen LogP contribution in [-0.4, -0.2) is 29.4 Å². The Labute approximate surface area is 129 Å². The van der Waals surface area contributed by atoms with Crippen molar-refractivity contribution in [3.8, 4) is 0 Å². The number of carboxylic acid groups (broad SMARTS) is 1. The van der Waals surface area contributed by atoms with Crippen LogP contribution in [0.3, 0.4) is 0 Å². The van der Waals surface area contributed by atoms with Crippen LogP contribution >= 0.6 is 0 Å². The topological polar surface area (TPSA) is 95.5 Å². The lowest BCUT2D eigenvalue weighted by atomic mass is 9.95. The van der Waals surface area contributed by atoms with E-state index in [-0.39, 0.29) is 24.8 Å². The Morgan fingerprint density at radius 1 is 1.14 bits per heavy atom. The molecule has 120 valence electrons. The zero-order valence-corrected chi connectivity index (χ0v) is 13.1. The molecule has 0 fully saturated rings. The van der Waals surface area contributed by atoms with Gasteiger partial charge in [-0.3, -0.25) is 14.4 Å². The molecule has 0 atom stereocenters. The Bertz CT molecular complexity index is 562. The third-order valence-electron chi connectivity index (χ3n) is 2.95. The van der Waals surface area contributed by atoms with Crippen LogP contribution in [-0.2, 0) is 9.59 Å². The average Bonchev–Trinajstić information content (AvgIpc) is 2.42. The number of aliphatic carboxylic acids is 1. The first-order valence-corrected chi connectivity index (χ1v) is 7.12. The molecule has 0 unspecified atom stereocenters.